The van der Waals surface area contributed by atoms with Crippen molar-refractivity contribution in [1.82, 2.24) is 10.6 Å². The minimum absolute atomic E-state index is 0.00109. The molecule has 0 saturated carbocycles. The molecule has 0 radical (unpaired) electrons. The number of carbonyl (C=O) groups excluding carboxylic acids is 2. The Morgan fingerprint density at radius 2 is 2.00 bits per heavy atom. The van der Waals surface area contributed by atoms with Crippen LogP contribution in [0.5, 0.6) is 0 Å². The number of nitrogens with one attached hydrogen (secondary N) is 2. The number of hydrogen-bond donors (Lipinski definition) is 3. The van der Waals surface area contributed by atoms with Gasteiger partial charge in [0, 0.05) is 19.5 Å². The van der Waals surface area contributed by atoms with Gasteiger partial charge in [0.2, 0.25) is 11.8 Å². The zero-order valence-corrected chi connectivity index (χ0v) is 7.93. The lowest BCUT2D eigenvalue weighted by molar-refractivity contribution is -0.121. The molecule has 0 heterocycles. The predicted molar refractivity (Wildman–Crippen MR) is 50.0 cm³/mol. The summed E-state index contributed by atoms with van der Waals surface area (Å²) >= 11 is 0. The molecule has 0 aromatic carbocycles. The van der Waals surface area contributed by atoms with Crippen molar-refractivity contribution in [3.05, 3.63) is 0 Å². The highest BCUT2D eigenvalue weighted by atomic mass is 16.2. The van der Waals surface area contributed by atoms with Gasteiger partial charge < -0.3 is 16.4 Å². The first kappa shape index (κ1) is 11.9. The SMILES string of the molecule is CCCNC(=O)CCNCC(N)=O. The molecule has 0 rings (SSSR count). The highest BCUT2D eigenvalue weighted by Crippen LogP contribution is 1.78. The van der Waals surface area contributed by atoms with Crippen LogP contribution in [0.2, 0.25) is 0 Å². The molecule has 0 atom stereocenters. The van der Waals surface area contributed by atoms with Crippen molar-refractivity contribution in [2.45, 2.75) is 19.8 Å². The van der Waals surface area contributed by atoms with Crippen LogP contribution < -0.4 is 16.4 Å². The van der Waals surface area contributed by atoms with E-state index >= 15 is 0 Å². The quantitative estimate of drug-likeness (QED) is 0.446. The fourth-order valence-corrected chi connectivity index (χ4v) is 0.766. The van der Waals surface area contributed by atoms with Crippen molar-refractivity contribution in [3.8, 4) is 0 Å². The largest absolute Gasteiger partial charge is 0.369 e. The fourth-order valence-electron chi connectivity index (χ4n) is 0.766. The van der Waals surface area contributed by atoms with Gasteiger partial charge in [-0.1, -0.05) is 6.92 Å². The second kappa shape index (κ2) is 7.54. The van der Waals surface area contributed by atoms with Crippen LogP contribution >= 0.6 is 0 Å². The molecular formula is C8H17N3O2. The summed E-state index contributed by atoms with van der Waals surface area (Å²) < 4.78 is 0. The molecule has 0 saturated heterocycles. The first-order valence-electron chi connectivity index (χ1n) is 4.42. The van der Waals surface area contributed by atoms with E-state index in [9.17, 15) is 9.59 Å². The van der Waals surface area contributed by atoms with E-state index in [0.29, 0.717) is 19.5 Å². The summed E-state index contributed by atoms with van der Waals surface area (Å²) in [7, 11) is 0. The van der Waals surface area contributed by atoms with Crippen molar-refractivity contribution in [1.29, 1.82) is 0 Å². The minimum Gasteiger partial charge on any atom is -0.369 e. The third-order valence-electron chi connectivity index (χ3n) is 1.40. The molecule has 0 bridgehead atoms. The lowest BCUT2D eigenvalue weighted by Gasteiger charge is -2.03. The maximum atomic E-state index is 11.0. The first-order chi connectivity index (χ1) is 6.16. The van der Waals surface area contributed by atoms with Crippen molar-refractivity contribution >= 4 is 11.8 Å². The summed E-state index contributed by atoms with van der Waals surface area (Å²) in [5.41, 5.74) is 4.89. The zero-order valence-electron chi connectivity index (χ0n) is 7.93. The number of rotatable bonds is 7. The van der Waals surface area contributed by atoms with Crippen LogP contribution in [-0.4, -0.2) is 31.4 Å². The molecule has 0 unspecified atom stereocenters. The van der Waals surface area contributed by atoms with Gasteiger partial charge in [-0.05, 0) is 6.42 Å². The van der Waals surface area contributed by atoms with Crippen molar-refractivity contribution in [2.24, 2.45) is 5.73 Å². The van der Waals surface area contributed by atoms with Crippen molar-refractivity contribution < 1.29 is 9.59 Å². The second-order valence-electron chi connectivity index (χ2n) is 2.74. The van der Waals surface area contributed by atoms with E-state index in [1.54, 1.807) is 0 Å². The van der Waals surface area contributed by atoms with Crippen LogP contribution in [0.15, 0.2) is 0 Å². The van der Waals surface area contributed by atoms with Crippen LogP contribution in [0, 0.1) is 0 Å². The summed E-state index contributed by atoms with van der Waals surface area (Å²) in [5.74, 6) is -0.409. The van der Waals surface area contributed by atoms with E-state index in [-0.39, 0.29) is 12.5 Å². The van der Waals surface area contributed by atoms with Crippen molar-refractivity contribution in [3.63, 3.8) is 0 Å². The number of primary amides is 1. The lowest BCUT2D eigenvalue weighted by Crippen LogP contribution is -2.32. The molecule has 5 nitrogen and oxygen atoms in total. The molecule has 0 aromatic heterocycles. The van der Waals surface area contributed by atoms with Gasteiger partial charge in [-0.2, -0.15) is 0 Å². The molecule has 76 valence electrons. The van der Waals surface area contributed by atoms with Gasteiger partial charge in [-0.3, -0.25) is 9.59 Å². The Balaban J connectivity index is 3.22. The Morgan fingerprint density at radius 3 is 2.54 bits per heavy atom. The smallest absolute Gasteiger partial charge is 0.231 e. The summed E-state index contributed by atoms with van der Waals surface area (Å²) in [4.78, 5) is 21.3. The van der Waals surface area contributed by atoms with Gasteiger partial charge in [-0.25, -0.2) is 0 Å². The average Bonchev–Trinajstić information content (AvgIpc) is 2.08. The molecule has 2 amide bonds. The zero-order chi connectivity index (χ0) is 10.1. The summed E-state index contributed by atoms with van der Waals surface area (Å²) in [6.45, 7) is 3.31. The Labute approximate surface area is 78.1 Å². The molecule has 0 aliphatic rings. The Morgan fingerprint density at radius 1 is 1.31 bits per heavy atom. The molecule has 4 N–H and O–H groups in total. The van der Waals surface area contributed by atoms with Crippen LogP contribution in [0.25, 0.3) is 0 Å². The van der Waals surface area contributed by atoms with Gasteiger partial charge in [0.15, 0.2) is 0 Å². The Bertz CT molecular complexity index is 171. The number of carbonyl (C=O) groups is 2. The van der Waals surface area contributed by atoms with Gasteiger partial charge in [0.1, 0.15) is 0 Å². The third-order valence-corrected chi connectivity index (χ3v) is 1.40. The summed E-state index contributed by atoms with van der Waals surface area (Å²) in [6, 6.07) is 0. The highest BCUT2D eigenvalue weighted by molar-refractivity contribution is 5.77. The molecule has 0 aliphatic carbocycles. The molecule has 0 aromatic rings. The van der Waals surface area contributed by atoms with E-state index in [1.807, 2.05) is 6.92 Å². The summed E-state index contributed by atoms with van der Waals surface area (Å²) in [6.07, 6.45) is 1.31. The molecular weight excluding hydrogens is 170 g/mol. The van der Waals surface area contributed by atoms with E-state index in [4.69, 9.17) is 5.73 Å². The monoisotopic (exact) mass is 187 g/mol. The van der Waals surface area contributed by atoms with Crippen LogP contribution in [0.3, 0.4) is 0 Å². The maximum Gasteiger partial charge on any atom is 0.231 e. The molecule has 13 heavy (non-hydrogen) atoms. The van der Waals surface area contributed by atoms with E-state index in [2.05, 4.69) is 10.6 Å². The van der Waals surface area contributed by atoms with Gasteiger partial charge >= 0.3 is 0 Å². The van der Waals surface area contributed by atoms with Gasteiger partial charge in [-0.15, -0.1) is 0 Å². The second-order valence-corrected chi connectivity index (χ2v) is 2.74. The van der Waals surface area contributed by atoms with Gasteiger partial charge in [0.25, 0.3) is 0 Å². The molecule has 0 spiro atoms. The molecule has 0 fully saturated rings. The molecule has 0 aliphatic heterocycles. The Kier molecular flexibility index (Phi) is 6.91. The van der Waals surface area contributed by atoms with Crippen molar-refractivity contribution in [2.75, 3.05) is 19.6 Å². The standard InChI is InChI=1S/C8H17N3O2/c1-2-4-11-8(13)3-5-10-6-7(9)12/h10H,2-6H2,1H3,(H2,9,12)(H,11,13). The average molecular weight is 187 g/mol. The molecule has 5 heteroatoms. The topological polar surface area (TPSA) is 84.2 Å². The summed E-state index contributed by atoms with van der Waals surface area (Å²) in [5, 5.41) is 5.48. The van der Waals surface area contributed by atoms with Crippen LogP contribution in [-0.2, 0) is 9.59 Å². The predicted octanol–water partition coefficient (Wildman–Crippen LogP) is -1.02. The highest BCUT2D eigenvalue weighted by Gasteiger charge is 1.99. The van der Waals surface area contributed by atoms with Crippen LogP contribution in [0.1, 0.15) is 19.8 Å². The lowest BCUT2D eigenvalue weighted by atomic mass is 10.3. The normalized spacial score (nSPS) is 9.62. The third kappa shape index (κ3) is 8.81. The number of amides is 2. The maximum absolute atomic E-state index is 11.0. The minimum atomic E-state index is -0.408. The fraction of sp³-hybridized carbons (Fsp3) is 0.750. The van der Waals surface area contributed by atoms with Crippen LogP contribution in [0.4, 0.5) is 0 Å². The Hall–Kier alpha value is -1.10. The number of hydrogen-bond acceptors (Lipinski definition) is 3. The van der Waals surface area contributed by atoms with E-state index in [0.717, 1.165) is 6.42 Å². The van der Waals surface area contributed by atoms with E-state index in [1.165, 1.54) is 0 Å². The van der Waals surface area contributed by atoms with Gasteiger partial charge in [0.05, 0.1) is 6.54 Å². The first-order valence-corrected chi connectivity index (χ1v) is 4.42. The van der Waals surface area contributed by atoms with E-state index < -0.39 is 5.91 Å². The number of nitrogens with two attached hydrogens (primary N) is 1.